The smallest absolute Gasteiger partial charge is 0.238 e. The normalized spacial score (nSPS) is 29.5. The van der Waals surface area contributed by atoms with Crippen molar-refractivity contribution >= 4 is 23.4 Å². The lowest BCUT2D eigenvalue weighted by Gasteiger charge is -2.56. The third-order valence-electron chi connectivity index (χ3n) is 6.98. The first-order chi connectivity index (χ1) is 13.9. The molecular weight excluding hydrogens is 388 g/mol. The average Bonchev–Trinajstić information content (AvgIpc) is 2.63. The molecule has 2 amide bonds. The summed E-state index contributed by atoms with van der Waals surface area (Å²) in [5.41, 5.74) is 6.37. The molecule has 5 nitrogen and oxygen atoms in total. The van der Waals surface area contributed by atoms with E-state index >= 15 is 0 Å². The molecule has 5 rings (SSSR count). The number of rotatable bonds is 7. The number of benzene rings is 1. The number of hydrogen-bond donors (Lipinski definition) is 2. The molecule has 0 atom stereocenters. The Morgan fingerprint density at radius 3 is 2.31 bits per heavy atom. The van der Waals surface area contributed by atoms with Gasteiger partial charge in [0.15, 0.2) is 0 Å². The van der Waals surface area contributed by atoms with Crippen LogP contribution in [0, 0.1) is 30.1 Å². The Hall–Kier alpha value is -1.75. The van der Waals surface area contributed by atoms with E-state index in [1.165, 1.54) is 38.5 Å². The van der Waals surface area contributed by atoms with E-state index in [9.17, 15) is 9.59 Å². The van der Waals surface area contributed by atoms with Crippen LogP contribution >= 0.6 is 11.6 Å². The summed E-state index contributed by atoms with van der Waals surface area (Å²) in [5.74, 6) is 3.03. The van der Waals surface area contributed by atoms with Gasteiger partial charge in [0.2, 0.25) is 11.8 Å². The van der Waals surface area contributed by atoms with Gasteiger partial charge in [-0.1, -0.05) is 11.6 Å². The van der Waals surface area contributed by atoms with Crippen LogP contribution in [0.1, 0.15) is 63.4 Å². The molecule has 4 bridgehead atoms. The summed E-state index contributed by atoms with van der Waals surface area (Å²) >= 11 is 5.94. The number of carbonyl (C=O) groups is 2. The van der Waals surface area contributed by atoms with Gasteiger partial charge in [-0.3, -0.25) is 20.4 Å². The maximum atomic E-state index is 12.5. The lowest BCUT2D eigenvalue weighted by molar-refractivity contribution is -0.134. The molecular formula is C23H31ClN2O3. The highest BCUT2D eigenvalue weighted by molar-refractivity contribution is 6.30. The molecule has 2 N–H and O–H groups in total. The summed E-state index contributed by atoms with van der Waals surface area (Å²) in [6.45, 7) is 2.38. The Morgan fingerprint density at radius 2 is 1.69 bits per heavy atom. The maximum Gasteiger partial charge on any atom is 0.238 e. The van der Waals surface area contributed by atoms with Gasteiger partial charge in [-0.05, 0) is 98.8 Å². The number of amides is 2. The first kappa shape index (κ1) is 20.5. The van der Waals surface area contributed by atoms with Gasteiger partial charge in [0.05, 0.1) is 6.61 Å². The summed E-state index contributed by atoms with van der Waals surface area (Å²) in [6.07, 6.45) is 9.14. The van der Waals surface area contributed by atoms with Gasteiger partial charge in [-0.25, -0.2) is 0 Å². The van der Waals surface area contributed by atoms with Crippen LogP contribution in [0.3, 0.4) is 0 Å². The van der Waals surface area contributed by atoms with E-state index in [1.54, 1.807) is 6.07 Å². The topological polar surface area (TPSA) is 67.4 Å². The van der Waals surface area contributed by atoms with Crippen molar-refractivity contribution in [1.29, 1.82) is 0 Å². The molecule has 0 radical (unpaired) electrons. The molecule has 1 aromatic rings. The zero-order valence-electron chi connectivity index (χ0n) is 17.1. The molecule has 0 saturated heterocycles. The number of carbonyl (C=O) groups excluding carboxylic acids is 2. The van der Waals surface area contributed by atoms with Crippen molar-refractivity contribution in [2.45, 2.75) is 64.7 Å². The standard InChI is InChI=1S/C23H31ClN2O3/c1-15-7-19(24)4-5-20(15)29-6-2-3-21(27)25-26-22(28)14-23-11-16-8-17(12-23)10-18(9-16)13-23/h4-5,7,16-18H,2-3,6,8-14H2,1H3,(H,25,27)(H,26,28). The number of aryl methyl sites for hydroxylation is 1. The minimum atomic E-state index is -0.180. The van der Waals surface area contributed by atoms with E-state index < -0.39 is 0 Å². The first-order valence-corrected chi connectivity index (χ1v) is 11.3. The van der Waals surface area contributed by atoms with Crippen molar-refractivity contribution in [2.75, 3.05) is 6.61 Å². The zero-order valence-corrected chi connectivity index (χ0v) is 17.9. The molecule has 6 heteroatoms. The Bertz CT molecular complexity index is 744. The van der Waals surface area contributed by atoms with Gasteiger partial charge >= 0.3 is 0 Å². The van der Waals surface area contributed by atoms with E-state index in [2.05, 4.69) is 10.9 Å². The third kappa shape index (κ3) is 5.06. The van der Waals surface area contributed by atoms with Crippen LogP contribution in [-0.2, 0) is 9.59 Å². The Kier molecular flexibility index (Phi) is 6.05. The fourth-order valence-corrected chi connectivity index (χ4v) is 6.51. The minimum absolute atomic E-state index is 0.0478. The van der Waals surface area contributed by atoms with E-state index in [4.69, 9.17) is 16.3 Å². The van der Waals surface area contributed by atoms with Crippen molar-refractivity contribution in [2.24, 2.45) is 23.2 Å². The highest BCUT2D eigenvalue weighted by Crippen LogP contribution is 2.61. The molecule has 29 heavy (non-hydrogen) atoms. The van der Waals surface area contributed by atoms with Crippen molar-refractivity contribution in [3.63, 3.8) is 0 Å². The summed E-state index contributed by atoms with van der Waals surface area (Å²) in [5, 5.41) is 0.679. The van der Waals surface area contributed by atoms with Gasteiger partial charge in [0, 0.05) is 17.9 Å². The van der Waals surface area contributed by atoms with Crippen LogP contribution in [0.25, 0.3) is 0 Å². The molecule has 0 spiro atoms. The molecule has 4 fully saturated rings. The fraction of sp³-hybridized carbons (Fsp3) is 0.652. The van der Waals surface area contributed by atoms with Crippen LogP contribution in [-0.4, -0.2) is 18.4 Å². The average molecular weight is 419 g/mol. The van der Waals surface area contributed by atoms with Crippen molar-refractivity contribution < 1.29 is 14.3 Å². The Morgan fingerprint density at radius 1 is 1.07 bits per heavy atom. The van der Waals surface area contributed by atoms with Crippen molar-refractivity contribution in [1.82, 2.24) is 10.9 Å². The molecule has 4 saturated carbocycles. The molecule has 0 unspecified atom stereocenters. The second kappa shape index (κ2) is 8.55. The first-order valence-electron chi connectivity index (χ1n) is 10.9. The quantitative estimate of drug-likeness (QED) is 0.503. The lowest BCUT2D eigenvalue weighted by atomic mass is 9.49. The van der Waals surface area contributed by atoms with Crippen LogP contribution in [0.2, 0.25) is 5.02 Å². The minimum Gasteiger partial charge on any atom is -0.493 e. The number of nitrogens with one attached hydrogen (secondary N) is 2. The van der Waals surface area contributed by atoms with E-state index in [0.29, 0.717) is 30.9 Å². The Balaban J connectivity index is 1.14. The molecule has 4 aliphatic carbocycles. The predicted molar refractivity (Wildman–Crippen MR) is 112 cm³/mol. The van der Waals surface area contributed by atoms with Crippen molar-refractivity contribution in [3.8, 4) is 5.75 Å². The third-order valence-corrected chi connectivity index (χ3v) is 7.22. The fourth-order valence-electron chi connectivity index (χ4n) is 6.28. The molecule has 1 aromatic carbocycles. The van der Waals surface area contributed by atoms with E-state index in [0.717, 1.165) is 29.1 Å². The number of ether oxygens (including phenoxy) is 1. The Labute approximate surface area is 177 Å². The van der Waals surface area contributed by atoms with Crippen LogP contribution in [0.4, 0.5) is 0 Å². The summed E-state index contributed by atoms with van der Waals surface area (Å²) in [6, 6.07) is 5.47. The summed E-state index contributed by atoms with van der Waals surface area (Å²) in [4.78, 5) is 24.5. The van der Waals surface area contributed by atoms with Gasteiger partial charge in [-0.15, -0.1) is 0 Å². The number of hydrazine groups is 1. The van der Waals surface area contributed by atoms with Crippen LogP contribution in [0.5, 0.6) is 5.75 Å². The largest absolute Gasteiger partial charge is 0.493 e. The monoisotopic (exact) mass is 418 g/mol. The second-order valence-corrected chi connectivity index (χ2v) is 9.99. The lowest BCUT2D eigenvalue weighted by Crippen LogP contribution is -2.50. The summed E-state index contributed by atoms with van der Waals surface area (Å²) < 4.78 is 5.70. The SMILES string of the molecule is Cc1cc(Cl)ccc1OCCCC(=O)NNC(=O)CC12CC3CC(CC(C3)C1)C2. The summed E-state index contributed by atoms with van der Waals surface area (Å²) in [7, 11) is 0. The van der Waals surface area contributed by atoms with Gasteiger partial charge < -0.3 is 4.74 Å². The van der Waals surface area contributed by atoms with Crippen LogP contribution in [0.15, 0.2) is 18.2 Å². The molecule has 0 aliphatic heterocycles. The van der Waals surface area contributed by atoms with E-state index in [1.807, 2.05) is 19.1 Å². The number of hydrogen-bond acceptors (Lipinski definition) is 3. The maximum absolute atomic E-state index is 12.5. The van der Waals surface area contributed by atoms with E-state index in [-0.39, 0.29) is 17.2 Å². The zero-order chi connectivity index (χ0) is 20.4. The van der Waals surface area contributed by atoms with Gasteiger partial charge in [-0.2, -0.15) is 0 Å². The molecule has 0 heterocycles. The van der Waals surface area contributed by atoms with Gasteiger partial charge in [0.1, 0.15) is 5.75 Å². The molecule has 158 valence electrons. The van der Waals surface area contributed by atoms with Gasteiger partial charge in [0.25, 0.3) is 0 Å². The van der Waals surface area contributed by atoms with Crippen LogP contribution < -0.4 is 15.6 Å². The highest BCUT2D eigenvalue weighted by atomic mass is 35.5. The molecule has 0 aromatic heterocycles. The van der Waals surface area contributed by atoms with Crippen molar-refractivity contribution in [3.05, 3.63) is 28.8 Å². The highest BCUT2D eigenvalue weighted by Gasteiger charge is 2.51. The number of halogens is 1. The predicted octanol–water partition coefficient (Wildman–Crippen LogP) is 4.56. The second-order valence-electron chi connectivity index (χ2n) is 9.55. The molecule has 4 aliphatic rings.